The van der Waals surface area contributed by atoms with Crippen LogP contribution in [0.1, 0.15) is 11.1 Å². The first-order valence-corrected chi connectivity index (χ1v) is 6.29. The number of likely N-dealkylation sites (N-methyl/N-ethyl adjacent to an activating group) is 1. The highest BCUT2D eigenvalue weighted by Gasteiger charge is 2.32. The van der Waals surface area contributed by atoms with Crippen LogP contribution in [0.15, 0.2) is 18.2 Å². The van der Waals surface area contributed by atoms with E-state index in [0.29, 0.717) is 12.1 Å². The van der Waals surface area contributed by atoms with Gasteiger partial charge in [0.2, 0.25) is 0 Å². The fraction of sp³-hybridized carbons (Fsp3) is 0.571. The molecule has 0 saturated carbocycles. The minimum atomic E-state index is -0.304. The lowest BCUT2D eigenvalue weighted by molar-refractivity contribution is 0.112. The number of likely N-dealkylation sites (tertiary alicyclic amines) is 1. The summed E-state index contributed by atoms with van der Waals surface area (Å²) in [6.45, 7) is 4.08. The first-order valence-electron chi connectivity index (χ1n) is 6.29. The maximum atomic E-state index is 13.2. The third kappa shape index (κ3) is 2.88. The minimum Gasteiger partial charge on any atom is -0.390 e. The van der Waals surface area contributed by atoms with Crippen molar-refractivity contribution < 1.29 is 9.50 Å². The molecule has 1 aromatic carbocycles. The number of benzene rings is 1. The molecule has 18 heavy (non-hydrogen) atoms. The summed E-state index contributed by atoms with van der Waals surface area (Å²) in [7, 11) is 3.97. The first kappa shape index (κ1) is 13.5. The van der Waals surface area contributed by atoms with Crippen molar-refractivity contribution in [2.24, 2.45) is 0 Å². The Morgan fingerprint density at radius 1 is 1.39 bits per heavy atom. The highest BCUT2D eigenvalue weighted by molar-refractivity contribution is 5.24. The van der Waals surface area contributed by atoms with Crippen LogP contribution in [-0.2, 0) is 6.54 Å². The van der Waals surface area contributed by atoms with Gasteiger partial charge in [-0.25, -0.2) is 4.39 Å². The molecule has 0 unspecified atom stereocenters. The average Bonchev–Trinajstić information content (AvgIpc) is 2.65. The van der Waals surface area contributed by atoms with Crippen molar-refractivity contribution in [3.8, 4) is 0 Å². The molecule has 0 bridgehead atoms. The van der Waals surface area contributed by atoms with E-state index in [4.69, 9.17) is 0 Å². The SMILES string of the molecule is Cc1cc(CN2C[C@H](O)[C@@H](N(C)C)C2)ccc1F. The van der Waals surface area contributed by atoms with Crippen LogP contribution in [0.2, 0.25) is 0 Å². The average molecular weight is 252 g/mol. The van der Waals surface area contributed by atoms with Crippen LogP contribution in [0.3, 0.4) is 0 Å². The van der Waals surface area contributed by atoms with Crippen LogP contribution >= 0.6 is 0 Å². The van der Waals surface area contributed by atoms with E-state index in [-0.39, 0.29) is 18.0 Å². The van der Waals surface area contributed by atoms with Crippen molar-refractivity contribution in [1.82, 2.24) is 9.80 Å². The van der Waals surface area contributed by atoms with E-state index in [1.165, 1.54) is 6.07 Å². The van der Waals surface area contributed by atoms with E-state index in [2.05, 4.69) is 9.80 Å². The van der Waals surface area contributed by atoms with Crippen molar-refractivity contribution in [1.29, 1.82) is 0 Å². The highest BCUT2D eigenvalue weighted by atomic mass is 19.1. The number of hydrogen-bond acceptors (Lipinski definition) is 3. The Labute approximate surface area is 108 Å². The number of aryl methyl sites for hydroxylation is 1. The van der Waals surface area contributed by atoms with E-state index in [1.54, 1.807) is 6.92 Å². The van der Waals surface area contributed by atoms with Gasteiger partial charge in [-0.15, -0.1) is 0 Å². The molecular weight excluding hydrogens is 231 g/mol. The first-order chi connectivity index (χ1) is 8.47. The van der Waals surface area contributed by atoms with Gasteiger partial charge in [0.25, 0.3) is 0 Å². The molecule has 4 heteroatoms. The molecule has 0 aromatic heterocycles. The molecule has 1 heterocycles. The van der Waals surface area contributed by atoms with Gasteiger partial charge in [-0.3, -0.25) is 4.90 Å². The summed E-state index contributed by atoms with van der Waals surface area (Å²) in [5.41, 5.74) is 1.77. The summed E-state index contributed by atoms with van der Waals surface area (Å²) in [5, 5.41) is 9.96. The second-order valence-corrected chi connectivity index (χ2v) is 5.38. The van der Waals surface area contributed by atoms with E-state index in [1.807, 2.05) is 26.2 Å². The molecule has 1 fully saturated rings. The molecule has 3 nitrogen and oxygen atoms in total. The number of β-amino-alcohol motifs (C(OH)–C–C–N with tert-alkyl or cyclic N) is 1. The molecule has 0 amide bonds. The third-order valence-electron chi connectivity index (χ3n) is 3.63. The largest absolute Gasteiger partial charge is 0.390 e. The zero-order valence-electron chi connectivity index (χ0n) is 11.2. The van der Waals surface area contributed by atoms with Gasteiger partial charge in [-0.2, -0.15) is 0 Å². The number of hydrogen-bond donors (Lipinski definition) is 1. The monoisotopic (exact) mass is 252 g/mol. The number of rotatable bonds is 3. The predicted molar refractivity (Wildman–Crippen MR) is 69.9 cm³/mol. The van der Waals surface area contributed by atoms with Gasteiger partial charge in [-0.1, -0.05) is 12.1 Å². The minimum absolute atomic E-state index is 0.161. The van der Waals surface area contributed by atoms with Crippen molar-refractivity contribution in [3.05, 3.63) is 35.1 Å². The number of nitrogens with zero attached hydrogens (tertiary/aromatic N) is 2. The maximum absolute atomic E-state index is 13.2. The van der Waals surface area contributed by atoms with E-state index in [9.17, 15) is 9.50 Å². The predicted octanol–water partition coefficient (Wildman–Crippen LogP) is 1.24. The van der Waals surface area contributed by atoms with Gasteiger partial charge in [0.15, 0.2) is 0 Å². The van der Waals surface area contributed by atoms with E-state index >= 15 is 0 Å². The molecule has 0 spiro atoms. The van der Waals surface area contributed by atoms with Gasteiger partial charge >= 0.3 is 0 Å². The Hall–Kier alpha value is -0.970. The molecule has 0 radical (unpaired) electrons. The molecule has 100 valence electrons. The second-order valence-electron chi connectivity index (χ2n) is 5.38. The smallest absolute Gasteiger partial charge is 0.126 e. The van der Waals surface area contributed by atoms with Gasteiger partial charge < -0.3 is 10.0 Å². The van der Waals surface area contributed by atoms with Gasteiger partial charge in [0.05, 0.1) is 6.10 Å². The molecule has 1 saturated heterocycles. The summed E-state index contributed by atoms with van der Waals surface area (Å²) in [5.74, 6) is -0.161. The second kappa shape index (κ2) is 5.34. The van der Waals surface area contributed by atoms with Crippen LogP contribution in [-0.4, -0.2) is 54.2 Å². The van der Waals surface area contributed by atoms with Crippen LogP contribution in [0, 0.1) is 12.7 Å². The molecule has 1 aliphatic rings. The highest BCUT2D eigenvalue weighted by Crippen LogP contribution is 2.18. The Morgan fingerprint density at radius 3 is 2.67 bits per heavy atom. The lowest BCUT2D eigenvalue weighted by Crippen LogP contribution is -2.37. The maximum Gasteiger partial charge on any atom is 0.126 e. The van der Waals surface area contributed by atoms with Crippen LogP contribution in [0.5, 0.6) is 0 Å². The molecular formula is C14H21FN2O. The van der Waals surface area contributed by atoms with E-state index < -0.39 is 0 Å². The summed E-state index contributed by atoms with van der Waals surface area (Å²) < 4.78 is 13.2. The molecule has 2 rings (SSSR count). The number of aliphatic hydroxyl groups is 1. The summed E-state index contributed by atoms with van der Waals surface area (Å²) >= 11 is 0. The Balaban J connectivity index is 2.00. The topological polar surface area (TPSA) is 26.7 Å². The van der Waals surface area contributed by atoms with Crippen LogP contribution < -0.4 is 0 Å². The fourth-order valence-electron chi connectivity index (χ4n) is 2.55. The van der Waals surface area contributed by atoms with Crippen molar-refractivity contribution in [2.75, 3.05) is 27.2 Å². The zero-order valence-corrected chi connectivity index (χ0v) is 11.2. The normalized spacial score (nSPS) is 25.0. The van der Waals surface area contributed by atoms with Crippen molar-refractivity contribution in [2.45, 2.75) is 25.6 Å². The molecule has 1 aromatic rings. The van der Waals surface area contributed by atoms with Gasteiger partial charge in [-0.05, 0) is 38.2 Å². The fourth-order valence-corrected chi connectivity index (χ4v) is 2.55. The van der Waals surface area contributed by atoms with Gasteiger partial charge in [0.1, 0.15) is 5.82 Å². The summed E-state index contributed by atoms with van der Waals surface area (Å²) in [6, 6.07) is 5.40. The molecule has 2 atom stereocenters. The zero-order chi connectivity index (χ0) is 13.3. The number of aliphatic hydroxyl groups excluding tert-OH is 1. The van der Waals surface area contributed by atoms with Crippen LogP contribution in [0.4, 0.5) is 4.39 Å². The van der Waals surface area contributed by atoms with Gasteiger partial charge in [0, 0.05) is 25.7 Å². The van der Waals surface area contributed by atoms with E-state index in [0.717, 1.165) is 18.7 Å². The quantitative estimate of drug-likeness (QED) is 0.877. The van der Waals surface area contributed by atoms with Crippen molar-refractivity contribution in [3.63, 3.8) is 0 Å². The lowest BCUT2D eigenvalue weighted by Gasteiger charge is -2.21. The van der Waals surface area contributed by atoms with Crippen molar-refractivity contribution >= 4 is 0 Å². The number of halogens is 1. The summed E-state index contributed by atoms with van der Waals surface area (Å²) in [4.78, 5) is 4.27. The Morgan fingerprint density at radius 2 is 2.11 bits per heavy atom. The standard InChI is InChI=1S/C14H21FN2O/c1-10-6-11(4-5-12(10)15)7-17-8-13(16(2)3)14(18)9-17/h4-6,13-14,18H,7-9H2,1-3H3/t13-,14-/m0/s1. The Bertz CT molecular complexity index is 422. The lowest BCUT2D eigenvalue weighted by atomic mass is 10.1. The molecule has 1 aliphatic heterocycles. The third-order valence-corrected chi connectivity index (χ3v) is 3.63. The Kier molecular flexibility index (Phi) is 4.00. The molecule has 1 N–H and O–H groups in total. The summed E-state index contributed by atoms with van der Waals surface area (Å²) in [6.07, 6.45) is -0.304. The molecule has 0 aliphatic carbocycles. The van der Waals surface area contributed by atoms with Crippen LogP contribution in [0.25, 0.3) is 0 Å².